The lowest BCUT2D eigenvalue weighted by Crippen LogP contribution is -2.38. The maximum Gasteiger partial charge on any atom is 0.228 e. The van der Waals surface area contributed by atoms with Gasteiger partial charge in [0.15, 0.2) is 0 Å². The highest BCUT2D eigenvalue weighted by Gasteiger charge is 2.23. The van der Waals surface area contributed by atoms with Gasteiger partial charge in [-0.1, -0.05) is 41.4 Å². The van der Waals surface area contributed by atoms with Gasteiger partial charge in [-0.2, -0.15) is 0 Å². The van der Waals surface area contributed by atoms with Gasteiger partial charge in [-0.15, -0.1) is 0 Å². The van der Waals surface area contributed by atoms with Crippen molar-refractivity contribution in [1.29, 1.82) is 0 Å². The van der Waals surface area contributed by atoms with Gasteiger partial charge in [-0.3, -0.25) is 9.59 Å². The molecule has 1 heterocycles. The van der Waals surface area contributed by atoms with Gasteiger partial charge in [-0.25, -0.2) is 0 Å². The fourth-order valence-electron chi connectivity index (χ4n) is 3.30. The number of rotatable bonds is 4. The monoisotopic (exact) mass is 390 g/mol. The van der Waals surface area contributed by atoms with E-state index in [9.17, 15) is 9.59 Å². The van der Waals surface area contributed by atoms with E-state index in [1.165, 1.54) is 17.4 Å². The number of aryl methyl sites for hydroxylation is 1. The molecule has 0 aliphatic carbocycles. The fraction of sp³-hybridized carbons (Fsp3) is 0.300. The summed E-state index contributed by atoms with van der Waals surface area (Å²) in [5.41, 5.74) is 2.77. The number of fused-ring (bicyclic) bond motifs is 1. The average molecular weight is 391 g/mol. The zero-order chi connectivity index (χ0) is 18.7. The molecule has 1 aliphatic rings. The Kier molecular flexibility index (Phi) is 5.84. The highest BCUT2D eigenvalue weighted by Crippen LogP contribution is 2.28. The Morgan fingerprint density at radius 3 is 2.50 bits per heavy atom. The Labute approximate surface area is 163 Å². The van der Waals surface area contributed by atoms with Gasteiger partial charge in [0.2, 0.25) is 11.8 Å². The molecular formula is C20H20Cl2N2O2. The summed E-state index contributed by atoms with van der Waals surface area (Å²) in [4.78, 5) is 28.2. The van der Waals surface area contributed by atoms with E-state index in [2.05, 4.69) is 6.07 Å². The van der Waals surface area contributed by atoms with Crippen LogP contribution < -0.4 is 9.80 Å². The first-order valence-corrected chi connectivity index (χ1v) is 9.34. The van der Waals surface area contributed by atoms with Crippen LogP contribution in [0.1, 0.15) is 25.3 Å². The quantitative estimate of drug-likeness (QED) is 0.757. The molecule has 4 nitrogen and oxygen atoms in total. The molecule has 0 fully saturated rings. The number of halogens is 2. The molecule has 0 spiro atoms. The Hall–Kier alpha value is -2.04. The van der Waals surface area contributed by atoms with E-state index in [4.69, 9.17) is 23.2 Å². The molecule has 2 aromatic carbocycles. The Morgan fingerprint density at radius 1 is 1.12 bits per heavy atom. The molecule has 0 N–H and O–H groups in total. The van der Waals surface area contributed by atoms with Crippen LogP contribution in [0.25, 0.3) is 0 Å². The van der Waals surface area contributed by atoms with E-state index in [1.807, 2.05) is 23.1 Å². The number of benzene rings is 2. The maximum atomic E-state index is 12.8. The van der Waals surface area contributed by atoms with Gasteiger partial charge in [0.05, 0.1) is 0 Å². The van der Waals surface area contributed by atoms with E-state index < -0.39 is 0 Å². The molecule has 6 heteroatoms. The van der Waals surface area contributed by atoms with E-state index >= 15 is 0 Å². The zero-order valence-electron chi connectivity index (χ0n) is 14.5. The second kappa shape index (κ2) is 8.11. The first-order chi connectivity index (χ1) is 12.5. The smallest absolute Gasteiger partial charge is 0.228 e. The third-order valence-electron chi connectivity index (χ3n) is 4.50. The van der Waals surface area contributed by atoms with Crippen LogP contribution in [0.2, 0.25) is 10.0 Å². The molecule has 0 saturated carbocycles. The molecule has 2 amide bonds. The van der Waals surface area contributed by atoms with Gasteiger partial charge < -0.3 is 9.80 Å². The van der Waals surface area contributed by atoms with Gasteiger partial charge >= 0.3 is 0 Å². The number of para-hydroxylation sites is 1. The third kappa shape index (κ3) is 4.19. The van der Waals surface area contributed by atoms with Crippen molar-refractivity contribution in [2.45, 2.75) is 26.2 Å². The van der Waals surface area contributed by atoms with Crippen LogP contribution in [-0.4, -0.2) is 24.9 Å². The normalized spacial score (nSPS) is 13.3. The number of carbonyl (C=O) groups is 2. The summed E-state index contributed by atoms with van der Waals surface area (Å²) in [7, 11) is 0. The van der Waals surface area contributed by atoms with Crippen LogP contribution in [-0.2, 0) is 16.0 Å². The molecule has 0 saturated heterocycles. The van der Waals surface area contributed by atoms with Crippen molar-refractivity contribution in [3.63, 3.8) is 0 Å². The Morgan fingerprint density at radius 2 is 1.81 bits per heavy atom. The van der Waals surface area contributed by atoms with E-state index in [0.29, 0.717) is 22.3 Å². The van der Waals surface area contributed by atoms with Gasteiger partial charge in [0.1, 0.15) is 0 Å². The highest BCUT2D eigenvalue weighted by atomic mass is 35.5. The molecule has 136 valence electrons. The topological polar surface area (TPSA) is 40.6 Å². The van der Waals surface area contributed by atoms with E-state index in [0.717, 1.165) is 18.5 Å². The van der Waals surface area contributed by atoms with Crippen molar-refractivity contribution in [2.24, 2.45) is 0 Å². The average Bonchev–Trinajstić information content (AvgIpc) is 2.60. The molecule has 0 bridgehead atoms. The highest BCUT2D eigenvalue weighted by molar-refractivity contribution is 6.35. The van der Waals surface area contributed by atoms with Gasteiger partial charge in [0.25, 0.3) is 0 Å². The van der Waals surface area contributed by atoms with Crippen LogP contribution in [0.15, 0.2) is 42.5 Å². The third-order valence-corrected chi connectivity index (χ3v) is 4.94. The number of hydrogen-bond donors (Lipinski definition) is 0. The molecule has 0 radical (unpaired) electrons. The van der Waals surface area contributed by atoms with Crippen LogP contribution in [0, 0.1) is 0 Å². The summed E-state index contributed by atoms with van der Waals surface area (Å²) in [6.45, 7) is 2.46. The number of carbonyl (C=O) groups excluding carboxylic acids is 2. The first kappa shape index (κ1) is 18.7. The van der Waals surface area contributed by atoms with Crippen molar-refractivity contribution >= 4 is 46.4 Å². The largest absolute Gasteiger partial charge is 0.312 e. The lowest BCUT2D eigenvalue weighted by atomic mass is 10.0. The molecule has 2 aromatic rings. The Bertz CT molecular complexity index is 818. The maximum absolute atomic E-state index is 12.8. The minimum Gasteiger partial charge on any atom is -0.312 e. The number of hydrogen-bond acceptors (Lipinski definition) is 2. The van der Waals surface area contributed by atoms with E-state index in [-0.39, 0.29) is 24.8 Å². The van der Waals surface area contributed by atoms with Crippen molar-refractivity contribution in [2.75, 3.05) is 22.9 Å². The SMILES string of the molecule is CC(=O)N(CCC(=O)N1CCCc2ccccc21)c1cc(Cl)cc(Cl)c1. The number of amides is 2. The fourth-order valence-corrected chi connectivity index (χ4v) is 3.81. The van der Waals surface area contributed by atoms with Crippen molar-refractivity contribution < 1.29 is 9.59 Å². The van der Waals surface area contributed by atoms with Crippen molar-refractivity contribution in [3.8, 4) is 0 Å². The standard InChI is InChI=1S/C20H20Cl2N2O2/c1-14(25)23(18-12-16(21)11-17(22)13-18)10-8-20(26)24-9-4-6-15-5-2-3-7-19(15)24/h2-3,5,7,11-13H,4,6,8-10H2,1H3. The zero-order valence-corrected chi connectivity index (χ0v) is 16.1. The summed E-state index contributed by atoms with van der Waals surface area (Å²) in [5, 5.41) is 0.907. The molecule has 0 aromatic heterocycles. The van der Waals surface area contributed by atoms with Crippen molar-refractivity contribution in [1.82, 2.24) is 0 Å². The molecule has 1 aliphatic heterocycles. The summed E-state index contributed by atoms with van der Waals surface area (Å²) >= 11 is 12.1. The van der Waals surface area contributed by atoms with Crippen LogP contribution in [0.5, 0.6) is 0 Å². The molecule has 3 rings (SSSR count). The molecule has 0 atom stereocenters. The van der Waals surface area contributed by atoms with Crippen LogP contribution in [0.4, 0.5) is 11.4 Å². The van der Waals surface area contributed by atoms with Crippen molar-refractivity contribution in [3.05, 3.63) is 58.1 Å². The van der Waals surface area contributed by atoms with Gasteiger partial charge in [0, 0.05) is 47.9 Å². The molecule has 26 heavy (non-hydrogen) atoms. The number of anilines is 2. The lowest BCUT2D eigenvalue weighted by Gasteiger charge is -2.30. The number of nitrogens with zero attached hydrogens (tertiary/aromatic N) is 2. The summed E-state index contributed by atoms with van der Waals surface area (Å²) in [6.07, 6.45) is 2.17. The Balaban J connectivity index is 1.74. The van der Waals surface area contributed by atoms with Gasteiger partial charge in [-0.05, 0) is 42.7 Å². The predicted molar refractivity (Wildman–Crippen MR) is 106 cm³/mol. The van der Waals surface area contributed by atoms with Crippen LogP contribution in [0.3, 0.4) is 0 Å². The summed E-state index contributed by atoms with van der Waals surface area (Å²) < 4.78 is 0. The van der Waals surface area contributed by atoms with E-state index in [1.54, 1.807) is 18.2 Å². The predicted octanol–water partition coefficient (Wildman–Crippen LogP) is 4.72. The minimum atomic E-state index is -0.157. The molecular weight excluding hydrogens is 371 g/mol. The summed E-state index contributed by atoms with van der Waals surface area (Å²) in [6, 6.07) is 12.9. The second-order valence-corrected chi connectivity index (χ2v) is 7.20. The lowest BCUT2D eigenvalue weighted by molar-refractivity contribution is -0.118. The second-order valence-electron chi connectivity index (χ2n) is 6.33. The van der Waals surface area contributed by atoms with Crippen LogP contribution >= 0.6 is 23.2 Å². The summed E-state index contributed by atoms with van der Waals surface area (Å²) in [5.74, 6) is -0.147. The first-order valence-electron chi connectivity index (χ1n) is 8.58. The molecule has 0 unspecified atom stereocenters. The minimum absolute atomic E-state index is 0.0107.